The molecule has 0 saturated heterocycles. The van der Waals surface area contributed by atoms with Crippen molar-refractivity contribution in [3.05, 3.63) is 54.4 Å². The smallest absolute Gasteiger partial charge is 0.154 e. The van der Waals surface area contributed by atoms with Gasteiger partial charge in [-0.2, -0.15) is 0 Å². The number of nitrogens with zero attached hydrogens (tertiary/aromatic N) is 1. The summed E-state index contributed by atoms with van der Waals surface area (Å²) in [6, 6.07) is 13.9. The zero-order valence-electron chi connectivity index (χ0n) is 12.8. The van der Waals surface area contributed by atoms with Crippen LogP contribution < -0.4 is 0 Å². The Labute approximate surface area is 133 Å². The van der Waals surface area contributed by atoms with E-state index in [2.05, 4.69) is 16.0 Å². The summed E-state index contributed by atoms with van der Waals surface area (Å²) < 4.78 is 5.84. The second kappa shape index (κ2) is 5.39. The molecule has 4 nitrogen and oxygen atoms in total. The summed E-state index contributed by atoms with van der Waals surface area (Å²) in [5, 5.41) is 2.28. The molecule has 1 N–H and O–H groups in total. The second-order valence-corrected chi connectivity index (χ2v) is 5.59. The van der Waals surface area contributed by atoms with Gasteiger partial charge in [0.05, 0.1) is 11.9 Å². The molecule has 1 aromatic carbocycles. The maximum absolute atomic E-state index is 11.6. The number of Topliss-reactive ketones (excluding diaryl/α,β-unsaturated/α-hetero) is 1. The first-order valence-corrected chi connectivity index (χ1v) is 7.72. The number of carbonyl (C=O) groups is 1. The van der Waals surface area contributed by atoms with Gasteiger partial charge in [-0.1, -0.05) is 25.1 Å². The Balaban J connectivity index is 1.84. The average Bonchev–Trinajstić information content (AvgIpc) is 3.18. The first-order chi connectivity index (χ1) is 11.3. The Morgan fingerprint density at radius 1 is 1.13 bits per heavy atom. The van der Waals surface area contributed by atoms with Crippen LogP contribution in [0.15, 0.2) is 53.1 Å². The van der Waals surface area contributed by atoms with E-state index in [0.717, 1.165) is 22.1 Å². The van der Waals surface area contributed by atoms with Crippen LogP contribution in [0.5, 0.6) is 0 Å². The zero-order valence-corrected chi connectivity index (χ0v) is 12.8. The number of nitrogens with one attached hydrogen (secondary N) is 1. The van der Waals surface area contributed by atoms with Crippen LogP contribution in [0.1, 0.15) is 19.1 Å². The summed E-state index contributed by atoms with van der Waals surface area (Å²) in [5.41, 5.74) is 2.80. The lowest BCUT2D eigenvalue weighted by molar-refractivity contribution is -0.118. The quantitative estimate of drug-likeness (QED) is 0.604. The first kappa shape index (κ1) is 13.8. The molecule has 0 radical (unpaired) electrons. The fourth-order valence-electron chi connectivity index (χ4n) is 2.88. The summed E-state index contributed by atoms with van der Waals surface area (Å²) in [6.07, 6.45) is 2.64. The molecule has 0 saturated carbocycles. The number of hydrogen-bond acceptors (Lipinski definition) is 3. The minimum atomic E-state index is 0.169. The molecule has 4 heteroatoms. The van der Waals surface area contributed by atoms with Crippen LogP contribution >= 0.6 is 0 Å². The van der Waals surface area contributed by atoms with Gasteiger partial charge < -0.3 is 9.40 Å². The summed E-state index contributed by atoms with van der Waals surface area (Å²) >= 11 is 0. The van der Waals surface area contributed by atoms with Crippen molar-refractivity contribution < 1.29 is 9.21 Å². The van der Waals surface area contributed by atoms with E-state index in [9.17, 15) is 4.79 Å². The summed E-state index contributed by atoms with van der Waals surface area (Å²) in [6.45, 7) is 1.86. The normalized spacial score (nSPS) is 11.3. The Hall–Kier alpha value is -2.88. The van der Waals surface area contributed by atoms with Gasteiger partial charge in [0.25, 0.3) is 0 Å². The van der Waals surface area contributed by atoms with Gasteiger partial charge in [-0.25, -0.2) is 0 Å². The average molecular weight is 304 g/mol. The van der Waals surface area contributed by atoms with Crippen molar-refractivity contribution in [1.29, 1.82) is 0 Å². The molecule has 4 rings (SSSR count). The van der Waals surface area contributed by atoms with Gasteiger partial charge in [-0.15, -0.1) is 0 Å². The number of carbonyl (C=O) groups excluding carboxylic acids is 1. The first-order valence-electron chi connectivity index (χ1n) is 7.72. The van der Waals surface area contributed by atoms with E-state index in [1.165, 1.54) is 5.39 Å². The molecule has 0 atom stereocenters. The number of furan rings is 1. The molecular weight excluding hydrogens is 288 g/mol. The minimum absolute atomic E-state index is 0.169. The van der Waals surface area contributed by atoms with Crippen LogP contribution in [0.25, 0.3) is 33.3 Å². The molecule has 3 aromatic heterocycles. The third-order valence-corrected chi connectivity index (χ3v) is 4.09. The van der Waals surface area contributed by atoms with Crippen molar-refractivity contribution in [3.63, 3.8) is 0 Å². The molecule has 0 amide bonds. The molecular formula is C19H16N2O2. The van der Waals surface area contributed by atoms with Crippen LogP contribution in [0.2, 0.25) is 0 Å². The lowest BCUT2D eigenvalue weighted by Gasteiger charge is -1.99. The molecule has 0 aliphatic carbocycles. The number of benzene rings is 1. The maximum Gasteiger partial charge on any atom is 0.154 e. The van der Waals surface area contributed by atoms with E-state index < -0.39 is 0 Å². The molecule has 4 aromatic rings. The van der Waals surface area contributed by atoms with Crippen LogP contribution in [-0.4, -0.2) is 15.8 Å². The number of ketones is 1. The standard InChI is InChI=1S/C19H16N2O2/c1-2-12(22)11-13-7-8-17(23-13)19-18-15(9-10-20-19)14-5-3-4-6-16(14)21-18/h3-10,21H,2,11H2,1H3. The van der Waals surface area contributed by atoms with Gasteiger partial charge in [0, 0.05) is 28.9 Å². The van der Waals surface area contributed by atoms with Crippen molar-refractivity contribution >= 4 is 27.6 Å². The molecule has 0 bridgehead atoms. The van der Waals surface area contributed by atoms with Crippen LogP contribution in [0.3, 0.4) is 0 Å². The summed E-state index contributed by atoms with van der Waals surface area (Å²) in [7, 11) is 0. The molecule has 0 unspecified atom stereocenters. The third kappa shape index (κ3) is 2.32. The van der Waals surface area contributed by atoms with Gasteiger partial charge in [-0.3, -0.25) is 9.78 Å². The molecule has 0 aliphatic rings. The Kier molecular flexibility index (Phi) is 3.23. The molecule has 0 spiro atoms. The Bertz CT molecular complexity index is 1010. The number of aromatic nitrogens is 2. The largest absolute Gasteiger partial charge is 0.459 e. The molecule has 0 aliphatic heterocycles. The van der Waals surface area contributed by atoms with Crippen LogP contribution in [0, 0.1) is 0 Å². The minimum Gasteiger partial charge on any atom is -0.459 e. The van der Waals surface area contributed by atoms with Gasteiger partial charge >= 0.3 is 0 Å². The van der Waals surface area contributed by atoms with Crippen molar-refractivity contribution in [2.75, 3.05) is 0 Å². The predicted octanol–water partition coefficient (Wildman–Crippen LogP) is 4.50. The highest BCUT2D eigenvalue weighted by molar-refractivity contribution is 6.10. The van der Waals surface area contributed by atoms with Crippen LogP contribution in [-0.2, 0) is 11.2 Å². The Morgan fingerprint density at radius 3 is 2.87 bits per heavy atom. The van der Waals surface area contributed by atoms with Crippen molar-refractivity contribution in [1.82, 2.24) is 9.97 Å². The lowest BCUT2D eigenvalue weighted by Crippen LogP contribution is -1.98. The van der Waals surface area contributed by atoms with Crippen molar-refractivity contribution in [3.8, 4) is 11.5 Å². The highest BCUT2D eigenvalue weighted by atomic mass is 16.3. The number of hydrogen-bond donors (Lipinski definition) is 1. The topological polar surface area (TPSA) is 58.9 Å². The number of pyridine rings is 1. The highest BCUT2D eigenvalue weighted by Gasteiger charge is 2.14. The van der Waals surface area contributed by atoms with Gasteiger partial charge in [0.2, 0.25) is 0 Å². The van der Waals surface area contributed by atoms with E-state index in [-0.39, 0.29) is 5.78 Å². The number of rotatable bonds is 4. The molecule has 3 heterocycles. The van der Waals surface area contributed by atoms with Gasteiger partial charge in [0.15, 0.2) is 5.76 Å². The highest BCUT2D eigenvalue weighted by Crippen LogP contribution is 2.32. The van der Waals surface area contributed by atoms with E-state index in [1.807, 2.05) is 43.3 Å². The van der Waals surface area contributed by atoms with E-state index in [1.54, 1.807) is 6.20 Å². The lowest BCUT2D eigenvalue weighted by atomic mass is 10.1. The molecule has 114 valence electrons. The SMILES string of the molecule is CCC(=O)Cc1ccc(-c2nccc3c2[nH]c2ccccc23)o1. The number of aromatic amines is 1. The van der Waals surface area contributed by atoms with E-state index >= 15 is 0 Å². The van der Waals surface area contributed by atoms with E-state index in [0.29, 0.717) is 24.4 Å². The number of H-pyrrole nitrogens is 1. The van der Waals surface area contributed by atoms with Crippen molar-refractivity contribution in [2.24, 2.45) is 0 Å². The fraction of sp³-hybridized carbons (Fsp3) is 0.158. The molecule has 23 heavy (non-hydrogen) atoms. The van der Waals surface area contributed by atoms with Crippen molar-refractivity contribution in [2.45, 2.75) is 19.8 Å². The number of para-hydroxylation sites is 1. The van der Waals surface area contributed by atoms with Crippen LogP contribution in [0.4, 0.5) is 0 Å². The number of fused-ring (bicyclic) bond motifs is 3. The zero-order chi connectivity index (χ0) is 15.8. The van der Waals surface area contributed by atoms with Gasteiger partial charge in [-0.05, 0) is 24.3 Å². The fourth-order valence-corrected chi connectivity index (χ4v) is 2.88. The summed E-state index contributed by atoms with van der Waals surface area (Å²) in [5.74, 6) is 1.53. The van der Waals surface area contributed by atoms with Gasteiger partial charge in [0.1, 0.15) is 17.2 Å². The maximum atomic E-state index is 11.6. The predicted molar refractivity (Wildman–Crippen MR) is 90.3 cm³/mol. The third-order valence-electron chi connectivity index (χ3n) is 4.09. The molecule has 0 fully saturated rings. The van der Waals surface area contributed by atoms with E-state index in [4.69, 9.17) is 4.42 Å². The summed E-state index contributed by atoms with van der Waals surface area (Å²) in [4.78, 5) is 19.5. The monoisotopic (exact) mass is 304 g/mol. The second-order valence-electron chi connectivity index (χ2n) is 5.59. The Morgan fingerprint density at radius 2 is 2.00 bits per heavy atom.